The quantitative estimate of drug-likeness (QED) is 0.726. The molecule has 21 heavy (non-hydrogen) atoms. The molecule has 0 saturated heterocycles. The van der Waals surface area contributed by atoms with Gasteiger partial charge in [-0.2, -0.15) is 0 Å². The smallest absolute Gasteiger partial charge is 0.315 e. The molecule has 124 valence electrons. The topological polar surface area (TPSA) is 78.5 Å². The predicted octanol–water partition coefficient (Wildman–Crippen LogP) is 1.39. The van der Waals surface area contributed by atoms with Crippen LogP contribution in [0.15, 0.2) is 0 Å². The van der Waals surface area contributed by atoms with E-state index >= 15 is 0 Å². The molecule has 0 spiro atoms. The molecule has 1 rings (SSSR count). The second kappa shape index (κ2) is 7.98. The van der Waals surface area contributed by atoms with Crippen LogP contribution in [0.25, 0.3) is 0 Å². The SMILES string of the molecule is C[C@H]1[C@H](C)CCC[C@H]1NC(=O)NCCCN(C)S(C)(=O)=O. The minimum absolute atomic E-state index is 0.150. The van der Waals surface area contributed by atoms with Crippen molar-refractivity contribution in [3.05, 3.63) is 0 Å². The lowest BCUT2D eigenvalue weighted by Gasteiger charge is -2.34. The van der Waals surface area contributed by atoms with Gasteiger partial charge in [-0.05, 0) is 24.7 Å². The fourth-order valence-electron chi connectivity index (χ4n) is 2.67. The Hall–Kier alpha value is -0.820. The van der Waals surface area contributed by atoms with E-state index in [1.807, 2.05) is 0 Å². The first-order valence-corrected chi connectivity index (χ1v) is 9.52. The van der Waals surface area contributed by atoms with Crippen molar-refractivity contribution in [3.63, 3.8) is 0 Å². The van der Waals surface area contributed by atoms with Crippen molar-refractivity contribution in [1.82, 2.24) is 14.9 Å². The molecule has 0 aromatic rings. The van der Waals surface area contributed by atoms with E-state index in [2.05, 4.69) is 24.5 Å². The summed E-state index contributed by atoms with van der Waals surface area (Å²) in [4.78, 5) is 11.9. The van der Waals surface area contributed by atoms with Crippen LogP contribution in [-0.4, -0.2) is 51.2 Å². The normalized spacial score (nSPS) is 26.6. The lowest BCUT2D eigenvalue weighted by Crippen LogP contribution is -2.48. The highest BCUT2D eigenvalue weighted by molar-refractivity contribution is 7.88. The number of hydrogen-bond donors (Lipinski definition) is 2. The van der Waals surface area contributed by atoms with Crippen molar-refractivity contribution in [1.29, 1.82) is 0 Å². The minimum Gasteiger partial charge on any atom is -0.338 e. The Bertz CT molecular complexity index is 439. The maximum atomic E-state index is 11.9. The number of rotatable bonds is 6. The van der Waals surface area contributed by atoms with Crippen LogP contribution in [0.3, 0.4) is 0 Å². The van der Waals surface area contributed by atoms with Gasteiger partial charge < -0.3 is 10.6 Å². The molecule has 6 nitrogen and oxygen atoms in total. The van der Waals surface area contributed by atoms with Gasteiger partial charge in [0, 0.05) is 26.2 Å². The Morgan fingerprint density at radius 2 is 1.95 bits per heavy atom. The molecule has 1 fully saturated rings. The number of carbonyl (C=O) groups is 1. The van der Waals surface area contributed by atoms with E-state index < -0.39 is 10.0 Å². The zero-order valence-corrected chi connectivity index (χ0v) is 14.4. The molecule has 3 atom stereocenters. The fourth-order valence-corrected chi connectivity index (χ4v) is 3.14. The first kappa shape index (κ1) is 18.2. The summed E-state index contributed by atoms with van der Waals surface area (Å²) in [5.41, 5.74) is 0. The van der Waals surface area contributed by atoms with Gasteiger partial charge in [0.25, 0.3) is 0 Å². The lowest BCUT2D eigenvalue weighted by molar-refractivity contribution is 0.195. The summed E-state index contributed by atoms with van der Waals surface area (Å²) in [6.45, 7) is 5.31. The molecule has 2 N–H and O–H groups in total. The molecule has 0 aromatic carbocycles. The third kappa shape index (κ3) is 6.22. The fraction of sp³-hybridized carbons (Fsp3) is 0.929. The van der Waals surface area contributed by atoms with Crippen LogP contribution in [0.5, 0.6) is 0 Å². The summed E-state index contributed by atoms with van der Waals surface area (Å²) in [6, 6.07) is 0.0930. The van der Waals surface area contributed by atoms with Gasteiger partial charge in [-0.1, -0.05) is 26.7 Å². The number of sulfonamides is 1. The van der Waals surface area contributed by atoms with Crippen molar-refractivity contribution in [3.8, 4) is 0 Å². The zero-order valence-electron chi connectivity index (χ0n) is 13.6. The van der Waals surface area contributed by atoms with Crippen molar-refractivity contribution in [2.75, 3.05) is 26.4 Å². The zero-order chi connectivity index (χ0) is 16.0. The Morgan fingerprint density at radius 3 is 2.57 bits per heavy atom. The highest BCUT2D eigenvalue weighted by Gasteiger charge is 2.27. The maximum Gasteiger partial charge on any atom is 0.315 e. The number of carbonyl (C=O) groups excluding carboxylic acids is 1. The maximum absolute atomic E-state index is 11.9. The van der Waals surface area contributed by atoms with E-state index in [-0.39, 0.29) is 12.1 Å². The summed E-state index contributed by atoms with van der Waals surface area (Å²) >= 11 is 0. The first-order chi connectivity index (χ1) is 9.71. The van der Waals surface area contributed by atoms with Gasteiger partial charge in [0.05, 0.1) is 6.26 Å². The van der Waals surface area contributed by atoms with Crippen molar-refractivity contribution >= 4 is 16.1 Å². The monoisotopic (exact) mass is 319 g/mol. The third-order valence-corrected chi connectivity index (χ3v) is 5.84. The van der Waals surface area contributed by atoms with Gasteiger partial charge in [-0.3, -0.25) is 0 Å². The molecule has 0 aliphatic heterocycles. The summed E-state index contributed by atoms with van der Waals surface area (Å²) < 4.78 is 23.7. The number of amides is 2. The predicted molar refractivity (Wildman–Crippen MR) is 84.6 cm³/mol. The first-order valence-electron chi connectivity index (χ1n) is 7.67. The van der Waals surface area contributed by atoms with Crippen LogP contribution < -0.4 is 10.6 Å². The molecular weight excluding hydrogens is 290 g/mol. The molecule has 0 radical (unpaired) electrons. The lowest BCUT2D eigenvalue weighted by atomic mass is 9.78. The van der Waals surface area contributed by atoms with Crippen LogP contribution >= 0.6 is 0 Å². The van der Waals surface area contributed by atoms with Crippen molar-refractivity contribution < 1.29 is 13.2 Å². The number of urea groups is 1. The second-order valence-corrected chi connectivity index (χ2v) is 8.30. The number of nitrogens with zero attached hydrogens (tertiary/aromatic N) is 1. The standard InChI is InChI=1S/C14H29N3O3S/c1-11-7-5-8-13(12(11)2)16-14(18)15-9-6-10-17(3)21(4,19)20/h11-13H,5-10H2,1-4H3,(H2,15,16,18)/t11-,12+,13-/m1/s1. The van der Waals surface area contributed by atoms with E-state index in [0.717, 1.165) is 12.8 Å². The molecule has 0 unspecified atom stereocenters. The van der Waals surface area contributed by atoms with Gasteiger partial charge in [-0.15, -0.1) is 0 Å². The van der Waals surface area contributed by atoms with E-state index in [4.69, 9.17) is 0 Å². The molecule has 1 saturated carbocycles. The molecule has 1 aliphatic carbocycles. The number of hydrogen-bond acceptors (Lipinski definition) is 3. The minimum atomic E-state index is -3.13. The summed E-state index contributed by atoms with van der Waals surface area (Å²) in [5, 5.41) is 5.84. The van der Waals surface area contributed by atoms with Gasteiger partial charge in [0.1, 0.15) is 0 Å². The van der Waals surface area contributed by atoms with Crippen LogP contribution in [0, 0.1) is 11.8 Å². The summed E-state index contributed by atoms with van der Waals surface area (Å²) in [7, 11) is -1.59. The Morgan fingerprint density at radius 1 is 1.29 bits per heavy atom. The molecule has 7 heteroatoms. The van der Waals surface area contributed by atoms with Gasteiger partial charge in [0.2, 0.25) is 10.0 Å². The van der Waals surface area contributed by atoms with Crippen molar-refractivity contribution in [2.45, 2.75) is 45.6 Å². The average molecular weight is 319 g/mol. The second-order valence-electron chi connectivity index (χ2n) is 6.21. The van der Waals surface area contributed by atoms with Crippen LogP contribution in [0.4, 0.5) is 4.79 Å². The van der Waals surface area contributed by atoms with E-state index in [9.17, 15) is 13.2 Å². The Balaban J connectivity index is 2.22. The third-order valence-electron chi connectivity index (χ3n) is 4.52. The Labute approximate surface area is 128 Å². The van der Waals surface area contributed by atoms with E-state index in [1.54, 1.807) is 7.05 Å². The van der Waals surface area contributed by atoms with Crippen LogP contribution in [-0.2, 0) is 10.0 Å². The molecular formula is C14H29N3O3S. The highest BCUT2D eigenvalue weighted by atomic mass is 32.2. The van der Waals surface area contributed by atoms with Gasteiger partial charge >= 0.3 is 6.03 Å². The van der Waals surface area contributed by atoms with E-state index in [0.29, 0.717) is 31.3 Å². The van der Waals surface area contributed by atoms with E-state index in [1.165, 1.54) is 17.0 Å². The summed E-state index contributed by atoms with van der Waals surface area (Å²) in [6.07, 6.45) is 5.22. The van der Waals surface area contributed by atoms with Gasteiger partial charge in [-0.25, -0.2) is 17.5 Å². The van der Waals surface area contributed by atoms with Crippen molar-refractivity contribution in [2.24, 2.45) is 11.8 Å². The number of nitrogens with one attached hydrogen (secondary N) is 2. The molecule has 2 amide bonds. The molecule has 0 heterocycles. The molecule has 0 bridgehead atoms. The molecule has 1 aliphatic rings. The molecule has 0 aromatic heterocycles. The average Bonchev–Trinajstić information content (AvgIpc) is 2.38. The highest BCUT2D eigenvalue weighted by Crippen LogP contribution is 2.29. The van der Waals surface area contributed by atoms with Crippen LogP contribution in [0.1, 0.15) is 39.5 Å². The van der Waals surface area contributed by atoms with Gasteiger partial charge in [0.15, 0.2) is 0 Å². The Kier molecular flexibility index (Phi) is 6.93. The summed E-state index contributed by atoms with van der Waals surface area (Å²) in [5.74, 6) is 1.15. The largest absolute Gasteiger partial charge is 0.338 e. The van der Waals surface area contributed by atoms with Crippen LogP contribution in [0.2, 0.25) is 0 Å².